The molecular formula is C35H52N2O3. The van der Waals surface area contributed by atoms with Gasteiger partial charge in [0.05, 0.1) is 0 Å². The SMILES string of the molecule is CCCCCCCCCCCCCCCCCNC(=O)[C@H](C)NC(=O)OCC1c2ccccc2-c2ccccc21. The highest BCUT2D eigenvalue weighted by atomic mass is 16.5. The van der Waals surface area contributed by atoms with Crippen LogP contribution >= 0.6 is 0 Å². The first-order valence-electron chi connectivity index (χ1n) is 16.0. The summed E-state index contributed by atoms with van der Waals surface area (Å²) in [7, 11) is 0. The van der Waals surface area contributed by atoms with Crippen LogP contribution in [-0.2, 0) is 9.53 Å². The average molecular weight is 549 g/mol. The molecule has 220 valence electrons. The van der Waals surface area contributed by atoms with Crippen molar-refractivity contribution in [3.8, 4) is 11.1 Å². The summed E-state index contributed by atoms with van der Waals surface area (Å²) in [4.78, 5) is 24.9. The molecule has 5 heteroatoms. The molecule has 1 aliphatic carbocycles. The minimum absolute atomic E-state index is 0.00684. The highest BCUT2D eigenvalue weighted by Gasteiger charge is 2.29. The summed E-state index contributed by atoms with van der Waals surface area (Å²) < 4.78 is 5.57. The lowest BCUT2D eigenvalue weighted by Crippen LogP contribution is -2.45. The van der Waals surface area contributed by atoms with Crippen LogP contribution in [0.1, 0.15) is 127 Å². The quantitative estimate of drug-likeness (QED) is 0.162. The molecule has 3 rings (SSSR count). The van der Waals surface area contributed by atoms with Crippen LogP contribution in [0.5, 0.6) is 0 Å². The second-order valence-corrected chi connectivity index (χ2v) is 11.4. The Hall–Kier alpha value is -2.82. The second-order valence-electron chi connectivity index (χ2n) is 11.4. The van der Waals surface area contributed by atoms with E-state index in [2.05, 4.69) is 41.8 Å². The van der Waals surface area contributed by atoms with Crippen LogP contribution in [0.3, 0.4) is 0 Å². The molecule has 2 aromatic rings. The molecule has 5 nitrogen and oxygen atoms in total. The highest BCUT2D eigenvalue weighted by Crippen LogP contribution is 2.44. The first-order chi connectivity index (χ1) is 19.6. The summed E-state index contributed by atoms with van der Waals surface area (Å²) in [6.45, 7) is 4.86. The summed E-state index contributed by atoms with van der Waals surface area (Å²) in [5, 5.41) is 5.63. The molecule has 0 saturated carbocycles. The summed E-state index contributed by atoms with van der Waals surface area (Å²) >= 11 is 0. The number of benzene rings is 2. The normalized spacial score (nSPS) is 12.9. The van der Waals surface area contributed by atoms with Crippen molar-refractivity contribution in [1.29, 1.82) is 0 Å². The zero-order valence-corrected chi connectivity index (χ0v) is 25.0. The fourth-order valence-corrected chi connectivity index (χ4v) is 5.74. The third-order valence-electron chi connectivity index (χ3n) is 8.15. The lowest BCUT2D eigenvalue weighted by molar-refractivity contribution is -0.122. The average Bonchev–Trinajstić information content (AvgIpc) is 3.29. The van der Waals surface area contributed by atoms with Gasteiger partial charge in [0, 0.05) is 12.5 Å². The van der Waals surface area contributed by atoms with Crippen LogP contribution in [0.15, 0.2) is 48.5 Å². The summed E-state index contributed by atoms with van der Waals surface area (Å²) in [5.74, 6) is -0.161. The number of hydrogen-bond donors (Lipinski definition) is 2. The van der Waals surface area contributed by atoms with Crippen molar-refractivity contribution in [2.45, 2.75) is 122 Å². The van der Waals surface area contributed by atoms with Crippen molar-refractivity contribution < 1.29 is 14.3 Å². The largest absolute Gasteiger partial charge is 0.449 e. The number of rotatable bonds is 20. The predicted molar refractivity (Wildman–Crippen MR) is 166 cm³/mol. The minimum atomic E-state index is -0.632. The number of hydrogen-bond acceptors (Lipinski definition) is 3. The Morgan fingerprint density at radius 1 is 0.700 bits per heavy atom. The van der Waals surface area contributed by atoms with Gasteiger partial charge in [-0.2, -0.15) is 0 Å². The molecule has 0 radical (unpaired) electrons. The third-order valence-corrected chi connectivity index (χ3v) is 8.15. The molecule has 0 bridgehead atoms. The van der Waals surface area contributed by atoms with Gasteiger partial charge in [-0.3, -0.25) is 4.79 Å². The van der Waals surface area contributed by atoms with Crippen LogP contribution in [0.4, 0.5) is 4.79 Å². The van der Waals surface area contributed by atoms with Crippen molar-refractivity contribution in [3.05, 3.63) is 59.7 Å². The van der Waals surface area contributed by atoms with E-state index in [1.807, 2.05) is 24.3 Å². The summed E-state index contributed by atoms with van der Waals surface area (Å²) in [6.07, 6.45) is 19.3. The molecular weight excluding hydrogens is 496 g/mol. The molecule has 0 fully saturated rings. The Labute approximate surface area is 242 Å². The van der Waals surface area contributed by atoms with Crippen LogP contribution in [0.2, 0.25) is 0 Å². The zero-order chi connectivity index (χ0) is 28.4. The minimum Gasteiger partial charge on any atom is -0.449 e. The smallest absolute Gasteiger partial charge is 0.407 e. The Bertz CT molecular complexity index is 976. The van der Waals surface area contributed by atoms with E-state index >= 15 is 0 Å². The number of alkyl carbamates (subject to hydrolysis) is 1. The number of unbranched alkanes of at least 4 members (excludes halogenated alkanes) is 14. The maximum atomic E-state index is 12.4. The molecule has 0 aromatic heterocycles. The molecule has 1 aliphatic rings. The summed E-state index contributed by atoms with van der Waals surface area (Å²) in [6, 6.07) is 15.9. The van der Waals surface area contributed by atoms with Gasteiger partial charge in [0.1, 0.15) is 12.6 Å². The van der Waals surface area contributed by atoms with Crippen LogP contribution in [0.25, 0.3) is 11.1 Å². The number of fused-ring (bicyclic) bond motifs is 3. The highest BCUT2D eigenvalue weighted by molar-refractivity contribution is 5.85. The molecule has 0 heterocycles. The van der Waals surface area contributed by atoms with E-state index < -0.39 is 12.1 Å². The second kappa shape index (κ2) is 18.5. The first kappa shape index (κ1) is 31.7. The van der Waals surface area contributed by atoms with Gasteiger partial charge in [0.15, 0.2) is 0 Å². The van der Waals surface area contributed by atoms with E-state index in [1.54, 1.807) is 6.92 Å². The van der Waals surface area contributed by atoms with Gasteiger partial charge in [-0.05, 0) is 35.6 Å². The molecule has 0 aliphatic heterocycles. The Kier molecular flexibility index (Phi) is 14.7. The summed E-state index contributed by atoms with van der Waals surface area (Å²) in [5.41, 5.74) is 4.73. The molecule has 2 aromatic carbocycles. The van der Waals surface area contributed by atoms with E-state index in [0.29, 0.717) is 6.54 Å². The van der Waals surface area contributed by atoms with Crippen molar-refractivity contribution in [3.63, 3.8) is 0 Å². The van der Waals surface area contributed by atoms with Crippen molar-refractivity contribution in [1.82, 2.24) is 10.6 Å². The van der Waals surface area contributed by atoms with E-state index in [0.717, 1.165) is 12.8 Å². The maximum absolute atomic E-state index is 12.4. The Balaban J connectivity index is 1.18. The van der Waals surface area contributed by atoms with E-state index in [1.165, 1.54) is 106 Å². The predicted octanol–water partition coefficient (Wildman–Crippen LogP) is 8.90. The lowest BCUT2D eigenvalue weighted by atomic mass is 9.98. The molecule has 2 N–H and O–H groups in total. The molecule has 0 unspecified atom stereocenters. The molecule has 0 spiro atoms. The van der Waals surface area contributed by atoms with Crippen LogP contribution in [0, 0.1) is 0 Å². The van der Waals surface area contributed by atoms with Gasteiger partial charge >= 0.3 is 6.09 Å². The third kappa shape index (κ3) is 10.6. The Morgan fingerprint density at radius 3 is 1.65 bits per heavy atom. The monoisotopic (exact) mass is 548 g/mol. The number of carbonyl (C=O) groups excluding carboxylic acids is 2. The fourth-order valence-electron chi connectivity index (χ4n) is 5.74. The van der Waals surface area contributed by atoms with Gasteiger partial charge in [-0.25, -0.2) is 4.79 Å². The van der Waals surface area contributed by atoms with E-state index in [4.69, 9.17) is 4.74 Å². The number of carbonyl (C=O) groups is 2. The van der Waals surface area contributed by atoms with Gasteiger partial charge in [-0.15, -0.1) is 0 Å². The lowest BCUT2D eigenvalue weighted by Gasteiger charge is -2.17. The van der Waals surface area contributed by atoms with E-state index in [-0.39, 0.29) is 18.4 Å². The molecule has 2 amide bonds. The van der Waals surface area contributed by atoms with Crippen molar-refractivity contribution in [2.24, 2.45) is 0 Å². The fraction of sp³-hybridized carbons (Fsp3) is 0.600. The zero-order valence-electron chi connectivity index (χ0n) is 25.0. The first-order valence-corrected chi connectivity index (χ1v) is 16.0. The van der Waals surface area contributed by atoms with Crippen LogP contribution < -0.4 is 10.6 Å². The molecule has 0 saturated heterocycles. The van der Waals surface area contributed by atoms with Gasteiger partial charge in [-0.1, -0.05) is 145 Å². The number of amides is 2. The number of ether oxygens (including phenoxy) is 1. The van der Waals surface area contributed by atoms with Gasteiger partial charge in [0.2, 0.25) is 5.91 Å². The van der Waals surface area contributed by atoms with Crippen molar-refractivity contribution >= 4 is 12.0 Å². The maximum Gasteiger partial charge on any atom is 0.407 e. The van der Waals surface area contributed by atoms with E-state index in [9.17, 15) is 9.59 Å². The topological polar surface area (TPSA) is 67.4 Å². The Morgan fingerprint density at radius 2 is 1.15 bits per heavy atom. The van der Waals surface area contributed by atoms with Crippen molar-refractivity contribution in [2.75, 3.05) is 13.2 Å². The van der Waals surface area contributed by atoms with Gasteiger partial charge in [0.25, 0.3) is 0 Å². The van der Waals surface area contributed by atoms with Crippen LogP contribution in [-0.4, -0.2) is 31.2 Å². The molecule has 40 heavy (non-hydrogen) atoms. The molecule has 1 atom stereocenters. The number of nitrogens with one attached hydrogen (secondary N) is 2. The van der Waals surface area contributed by atoms with Gasteiger partial charge < -0.3 is 15.4 Å². The standard InChI is InChI=1S/C35H52N2O3/c1-3-4-5-6-7-8-9-10-11-12-13-14-15-16-21-26-36-34(38)28(2)37-35(39)40-27-33-31-24-19-17-22-29(31)30-23-18-20-25-32(30)33/h17-20,22-25,28,33H,3-16,21,26-27H2,1-2H3,(H,36,38)(H,37,39)/t28-/m0/s1.